The fourth-order valence-corrected chi connectivity index (χ4v) is 2.69. The van der Waals surface area contributed by atoms with E-state index in [-0.39, 0.29) is 5.78 Å². The van der Waals surface area contributed by atoms with Crippen LogP contribution in [0.5, 0.6) is 0 Å². The summed E-state index contributed by atoms with van der Waals surface area (Å²) < 4.78 is 0. The molecule has 1 N–H and O–H groups in total. The van der Waals surface area contributed by atoms with Crippen molar-refractivity contribution in [2.45, 2.75) is 51.6 Å². The first-order chi connectivity index (χ1) is 8.49. The summed E-state index contributed by atoms with van der Waals surface area (Å²) in [6.45, 7) is 4.20. The average molecular weight is 246 g/mol. The minimum Gasteiger partial charge on any atom is -0.382 e. The van der Waals surface area contributed by atoms with Crippen LogP contribution in [-0.2, 0) is 11.2 Å². The molecule has 0 atom stereocenters. The van der Waals surface area contributed by atoms with Crippen molar-refractivity contribution in [2.24, 2.45) is 5.92 Å². The number of aryl methyl sites for hydroxylation is 1. The van der Waals surface area contributed by atoms with E-state index in [0.717, 1.165) is 24.0 Å². The number of Topliss-reactive ketones (excluding diaryl/α,β-unsaturated/α-hetero) is 1. The Kier molecular flexibility index (Phi) is 3.86. The van der Waals surface area contributed by atoms with Gasteiger partial charge in [0.25, 0.3) is 0 Å². The SMILES string of the molecule is Cc1cccc(CC(=O)C2(O)CCC(C)CC2)c1. The van der Waals surface area contributed by atoms with E-state index in [0.29, 0.717) is 25.2 Å². The zero-order valence-electron chi connectivity index (χ0n) is 11.3. The molecule has 1 aromatic carbocycles. The Morgan fingerprint density at radius 3 is 2.67 bits per heavy atom. The van der Waals surface area contributed by atoms with Gasteiger partial charge in [-0.1, -0.05) is 36.8 Å². The lowest BCUT2D eigenvalue weighted by Gasteiger charge is -2.33. The number of carbonyl (C=O) groups is 1. The third-order valence-corrected chi connectivity index (χ3v) is 4.07. The van der Waals surface area contributed by atoms with Crippen molar-refractivity contribution in [3.63, 3.8) is 0 Å². The van der Waals surface area contributed by atoms with Crippen molar-refractivity contribution >= 4 is 5.78 Å². The Balaban J connectivity index is 2.03. The number of ketones is 1. The van der Waals surface area contributed by atoms with Gasteiger partial charge in [0.15, 0.2) is 5.78 Å². The van der Waals surface area contributed by atoms with Crippen molar-refractivity contribution in [3.8, 4) is 0 Å². The molecule has 18 heavy (non-hydrogen) atoms. The van der Waals surface area contributed by atoms with E-state index < -0.39 is 5.60 Å². The molecule has 1 aliphatic rings. The minimum absolute atomic E-state index is 0.0139. The Morgan fingerprint density at radius 1 is 1.39 bits per heavy atom. The van der Waals surface area contributed by atoms with Gasteiger partial charge in [-0.2, -0.15) is 0 Å². The summed E-state index contributed by atoms with van der Waals surface area (Å²) in [6.07, 6.45) is 3.51. The lowest BCUT2D eigenvalue weighted by molar-refractivity contribution is -0.140. The molecular weight excluding hydrogens is 224 g/mol. The van der Waals surface area contributed by atoms with Gasteiger partial charge in [0.2, 0.25) is 0 Å². The summed E-state index contributed by atoms with van der Waals surface area (Å²) >= 11 is 0. The van der Waals surface area contributed by atoms with Crippen LogP contribution in [0.15, 0.2) is 24.3 Å². The van der Waals surface area contributed by atoms with Gasteiger partial charge >= 0.3 is 0 Å². The molecule has 1 fully saturated rings. The highest BCUT2D eigenvalue weighted by Gasteiger charge is 2.38. The fraction of sp³-hybridized carbons (Fsp3) is 0.562. The van der Waals surface area contributed by atoms with Crippen molar-refractivity contribution in [2.75, 3.05) is 0 Å². The predicted molar refractivity (Wildman–Crippen MR) is 72.5 cm³/mol. The quantitative estimate of drug-likeness (QED) is 0.890. The molecule has 0 bridgehead atoms. The van der Waals surface area contributed by atoms with Gasteiger partial charge in [-0.05, 0) is 44.1 Å². The largest absolute Gasteiger partial charge is 0.382 e. The standard InChI is InChI=1S/C16H22O2/c1-12-6-8-16(18,9-7-12)15(17)11-14-5-3-4-13(2)10-14/h3-5,10,12,18H,6-9,11H2,1-2H3. The maximum Gasteiger partial charge on any atom is 0.168 e. The van der Waals surface area contributed by atoms with Crippen LogP contribution in [0.25, 0.3) is 0 Å². The van der Waals surface area contributed by atoms with E-state index in [1.807, 2.05) is 31.2 Å². The lowest BCUT2D eigenvalue weighted by atomic mass is 9.76. The number of rotatable bonds is 3. The van der Waals surface area contributed by atoms with E-state index in [4.69, 9.17) is 0 Å². The third kappa shape index (κ3) is 2.99. The number of carbonyl (C=O) groups excluding carboxylic acids is 1. The highest BCUT2D eigenvalue weighted by molar-refractivity contribution is 5.89. The van der Waals surface area contributed by atoms with Gasteiger partial charge in [0.05, 0.1) is 0 Å². The Morgan fingerprint density at radius 2 is 2.06 bits per heavy atom. The summed E-state index contributed by atoms with van der Waals surface area (Å²) in [5, 5.41) is 10.4. The van der Waals surface area contributed by atoms with E-state index >= 15 is 0 Å². The zero-order valence-corrected chi connectivity index (χ0v) is 11.3. The van der Waals surface area contributed by atoms with Crippen LogP contribution in [0.1, 0.15) is 43.7 Å². The summed E-state index contributed by atoms with van der Waals surface area (Å²) in [7, 11) is 0. The molecule has 0 saturated heterocycles. The van der Waals surface area contributed by atoms with Crippen LogP contribution in [0.3, 0.4) is 0 Å². The summed E-state index contributed by atoms with van der Waals surface area (Å²) in [6, 6.07) is 7.96. The van der Waals surface area contributed by atoms with Gasteiger partial charge in [0, 0.05) is 6.42 Å². The first-order valence-electron chi connectivity index (χ1n) is 6.81. The van der Waals surface area contributed by atoms with Gasteiger partial charge < -0.3 is 5.11 Å². The molecule has 0 aliphatic heterocycles. The van der Waals surface area contributed by atoms with Crippen molar-refractivity contribution < 1.29 is 9.90 Å². The van der Waals surface area contributed by atoms with Gasteiger partial charge in [-0.25, -0.2) is 0 Å². The molecule has 0 amide bonds. The molecule has 0 aromatic heterocycles. The summed E-state index contributed by atoms with van der Waals surface area (Å²) in [4.78, 5) is 12.3. The molecule has 2 nitrogen and oxygen atoms in total. The predicted octanol–water partition coefficient (Wildman–Crippen LogP) is 3.05. The highest BCUT2D eigenvalue weighted by atomic mass is 16.3. The summed E-state index contributed by atoms with van der Waals surface area (Å²) in [5.41, 5.74) is 1.09. The number of aliphatic hydroxyl groups is 1. The van der Waals surface area contributed by atoms with Gasteiger partial charge in [-0.3, -0.25) is 4.79 Å². The first kappa shape index (κ1) is 13.3. The normalized spacial score (nSPS) is 28.1. The van der Waals surface area contributed by atoms with Crippen LogP contribution in [0.2, 0.25) is 0 Å². The second-order valence-corrected chi connectivity index (χ2v) is 5.80. The fourth-order valence-electron chi connectivity index (χ4n) is 2.69. The molecule has 0 spiro atoms. The monoisotopic (exact) mass is 246 g/mol. The molecule has 2 heteroatoms. The van der Waals surface area contributed by atoms with Crippen LogP contribution >= 0.6 is 0 Å². The van der Waals surface area contributed by atoms with Crippen molar-refractivity contribution in [1.29, 1.82) is 0 Å². The Hall–Kier alpha value is -1.15. The second-order valence-electron chi connectivity index (χ2n) is 5.80. The maximum atomic E-state index is 12.3. The molecule has 0 unspecified atom stereocenters. The highest BCUT2D eigenvalue weighted by Crippen LogP contribution is 2.33. The molecule has 1 aromatic rings. The molecular formula is C16H22O2. The van der Waals surface area contributed by atoms with Crippen LogP contribution < -0.4 is 0 Å². The molecule has 1 saturated carbocycles. The number of hydrogen-bond acceptors (Lipinski definition) is 2. The molecule has 2 rings (SSSR count). The lowest BCUT2D eigenvalue weighted by Crippen LogP contribution is -2.42. The molecule has 1 aliphatic carbocycles. The Labute approximate surface area is 109 Å². The van der Waals surface area contributed by atoms with Crippen molar-refractivity contribution in [3.05, 3.63) is 35.4 Å². The van der Waals surface area contributed by atoms with Crippen LogP contribution in [-0.4, -0.2) is 16.5 Å². The van der Waals surface area contributed by atoms with Gasteiger partial charge in [-0.15, -0.1) is 0 Å². The van der Waals surface area contributed by atoms with Crippen molar-refractivity contribution in [1.82, 2.24) is 0 Å². The summed E-state index contributed by atoms with van der Waals surface area (Å²) in [5.74, 6) is 0.622. The molecule has 98 valence electrons. The number of benzene rings is 1. The smallest absolute Gasteiger partial charge is 0.168 e. The van der Waals surface area contributed by atoms with Gasteiger partial charge in [0.1, 0.15) is 5.60 Å². The zero-order chi connectivity index (χ0) is 13.2. The van der Waals surface area contributed by atoms with E-state index in [2.05, 4.69) is 6.92 Å². The third-order valence-electron chi connectivity index (χ3n) is 4.07. The second kappa shape index (κ2) is 5.23. The number of hydrogen-bond donors (Lipinski definition) is 1. The maximum absolute atomic E-state index is 12.3. The molecule has 0 heterocycles. The van der Waals surface area contributed by atoms with E-state index in [1.165, 1.54) is 0 Å². The van der Waals surface area contributed by atoms with Crippen LogP contribution in [0.4, 0.5) is 0 Å². The average Bonchev–Trinajstić information content (AvgIpc) is 2.33. The van der Waals surface area contributed by atoms with Crippen LogP contribution in [0, 0.1) is 12.8 Å². The first-order valence-corrected chi connectivity index (χ1v) is 6.81. The van der Waals surface area contributed by atoms with E-state index in [1.54, 1.807) is 0 Å². The minimum atomic E-state index is -1.07. The Bertz CT molecular complexity index is 428. The van der Waals surface area contributed by atoms with E-state index in [9.17, 15) is 9.90 Å². The topological polar surface area (TPSA) is 37.3 Å². The molecule has 0 radical (unpaired) electrons.